The highest BCUT2D eigenvalue weighted by atomic mass is 35.5. The van der Waals surface area contributed by atoms with Gasteiger partial charge in [-0.15, -0.1) is 0 Å². The van der Waals surface area contributed by atoms with Crippen LogP contribution in [-0.2, 0) is 16.0 Å². The Morgan fingerprint density at radius 2 is 1.75 bits per heavy atom. The Morgan fingerprint density at radius 3 is 2.49 bits per heavy atom. The van der Waals surface area contributed by atoms with Crippen molar-refractivity contribution in [3.8, 4) is 28.4 Å². The molecule has 1 aliphatic rings. The topological polar surface area (TPSA) is 195 Å². The average molecular weight is 907 g/mol. The number of aromatic nitrogens is 3. The monoisotopic (exact) mass is 905 g/mol. The summed E-state index contributed by atoms with van der Waals surface area (Å²) in [5, 5.41) is 28.0. The van der Waals surface area contributed by atoms with Gasteiger partial charge in [0.15, 0.2) is 11.6 Å². The van der Waals surface area contributed by atoms with Crippen molar-refractivity contribution < 1.29 is 43.2 Å². The molecule has 0 bridgehead atoms. The number of phenols is 2. The van der Waals surface area contributed by atoms with Crippen molar-refractivity contribution in [3.63, 3.8) is 0 Å². The number of nitrogens with zero attached hydrogens (tertiary/aromatic N) is 5. The van der Waals surface area contributed by atoms with E-state index >= 15 is 0 Å². The van der Waals surface area contributed by atoms with Crippen LogP contribution in [0.1, 0.15) is 89.1 Å². The Bertz CT molecular complexity index is 2440. The fourth-order valence-electron chi connectivity index (χ4n) is 7.18. The van der Waals surface area contributed by atoms with E-state index in [4.69, 9.17) is 43.1 Å². The molecule has 3 heterocycles. The Labute approximate surface area is 374 Å². The zero-order chi connectivity index (χ0) is 45.4. The van der Waals surface area contributed by atoms with Gasteiger partial charge in [-0.05, 0) is 73.2 Å². The number of likely N-dealkylation sites (tertiary alicyclic amines) is 1. The number of pyridine rings is 1. The number of halogens is 3. The van der Waals surface area contributed by atoms with Gasteiger partial charge in [-0.2, -0.15) is 5.10 Å². The number of aromatic hydroxyl groups is 2. The number of amides is 3. The lowest BCUT2D eigenvalue weighted by molar-refractivity contribution is 0.0492. The predicted molar refractivity (Wildman–Crippen MR) is 236 cm³/mol. The number of hydrogen-bond acceptors (Lipinski definition) is 11. The van der Waals surface area contributed by atoms with E-state index < -0.39 is 23.9 Å². The molecule has 0 saturated carbocycles. The Hall–Kier alpha value is -6.10. The second-order valence-electron chi connectivity index (χ2n) is 15.5. The van der Waals surface area contributed by atoms with Gasteiger partial charge in [-0.3, -0.25) is 14.3 Å². The summed E-state index contributed by atoms with van der Waals surface area (Å²) in [7, 11) is 1.59. The van der Waals surface area contributed by atoms with E-state index in [0.717, 1.165) is 5.56 Å². The van der Waals surface area contributed by atoms with Crippen LogP contribution in [0.4, 0.5) is 15.0 Å². The molecule has 3 aromatic carbocycles. The number of carbonyl (C=O) groups excluding carboxylic acids is 3. The molecule has 1 saturated heterocycles. The first kappa shape index (κ1) is 46.4. The summed E-state index contributed by atoms with van der Waals surface area (Å²) in [6.45, 7) is 7.20. The van der Waals surface area contributed by atoms with Gasteiger partial charge in [0.05, 0.1) is 36.0 Å². The summed E-state index contributed by atoms with van der Waals surface area (Å²) in [4.78, 5) is 46.2. The van der Waals surface area contributed by atoms with Crippen LogP contribution < -0.4 is 15.8 Å². The molecule has 6 rings (SSSR count). The molecule has 1 fully saturated rings. The first-order chi connectivity index (χ1) is 30.1. The van der Waals surface area contributed by atoms with Crippen LogP contribution in [0.2, 0.25) is 10.0 Å². The van der Waals surface area contributed by atoms with Crippen LogP contribution in [0.15, 0.2) is 73.2 Å². The predicted octanol–water partition coefficient (Wildman–Crippen LogP) is 8.14. The number of phenolic OH excluding ortho intramolecular Hbond substituents is 2. The van der Waals surface area contributed by atoms with Crippen LogP contribution in [0.25, 0.3) is 11.1 Å². The maximum atomic E-state index is 14.1. The number of benzene rings is 3. The smallest absolute Gasteiger partial charge is 0.409 e. The minimum atomic E-state index is -0.721. The molecule has 2 aromatic heterocycles. The first-order valence-electron chi connectivity index (χ1n) is 20.4. The van der Waals surface area contributed by atoms with Crippen LogP contribution >= 0.6 is 23.2 Å². The van der Waals surface area contributed by atoms with Gasteiger partial charge in [0.25, 0.3) is 11.8 Å². The molecule has 15 nitrogen and oxygen atoms in total. The standard InChI is InChI=1S/C45H50Cl2FN7O8/c1-26(2)33-20-34(38(57)21-37(33)56)44(59)53(4)24-28-6-5-7-29(18-28)43(58)50-12-15-61-16-17-62-45(60)54-13-10-32(11-14-54)55-25-31(23-52-55)30-19-39(42(49)51-22-30)63-27(3)40-35(46)8-9-36(48)41(40)47/h5-9,18-23,25-27,32,56-57H,10-17,24H2,1-4H3,(H2,49,51)(H,50,58). The highest BCUT2D eigenvalue weighted by Gasteiger charge is 2.26. The zero-order valence-corrected chi connectivity index (χ0v) is 36.8. The van der Waals surface area contributed by atoms with Gasteiger partial charge in [0.2, 0.25) is 0 Å². The summed E-state index contributed by atoms with van der Waals surface area (Å²) >= 11 is 12.5. The van der Waals surface area contributed by atoms with E-state index in [1.807, 2.05) is 24.7 Å². The Kier molecular flexibility index (Phi) is 15.4. The highest BCUT2D eigenvalue weighted by Crippen LogP contribution is 2.38. The third kappa shape index (κ3) is 11.5. The SMILES string of the molecule is CC(C)c1cc(C(=O)N(C)Cc2cccc(C(=O)NCCOCCOC(=O)N3CCC(n4cc(-c5cnc(N)c(OC(C)c6c(Cl)ccc(F)c6Cl)c5)cn4)CC3)c2)c(O)cc1O. The number of nitrogens with one attached hydrogen (secondary N) is 1. The zero-order valence-electron chi connectivity index (χ0n) is 35.3. The molecule has 63 heavy (non-hydrogen) atoms. The normalized spacial score (nSPS) is 13.5. The molecule has 3 amide bonds. The van der Waals surface area contributed by atoms with Crippen LogP contribution in [0.3, 0.4) is 0 Å². The van der Waals surface area contributed by atoms with Crippen molar-refractivity contribution in [2.75, 3.05) is 52.2 Å². The summed E-state index contributed by atoms with van der Waals surface area (Å²) in [5.41, 5.74) is 9.64. The van der Waals surface area contributed by atoms with Crippen molar-refractivity contribution in [1.82, 2.24) is 29.9 Å². The molecule has 5 aromatic rings. The molecular weight excluding hydrogens is 856 g/mol. The fraction of sp³-hybridized carbons (Fsp3) is 0.356. The summed E-state index contributed by atoms with van der Waals surface area (Å²) in [6, 6.07) is 13.9. The molecule has 1 unspecified atom stereocenters. The second-order valence-corrected chi connectivity index (χ2v) is 16.3. The van der Waals surface area contributed by atoms with Crippen molar-refractivity contribution in [1.29, 1.82) is 0 Å². The Balaban J connectivity index is 0.886. The summed E-state index contributed by atoms with van der Waals surface area (Å²) < 4.78 is 33.1. The fourth-order valence-corrected chi connectivity index (χ4v) is 7.86. The number of piperidine rings is 1. The molecule has 1 aliphatic heterocycles. The van der Waals surface area contributed by atoms with E-state index in [-0.39, 0.29) is 89.5 Å². The van der Waals surface area contributed by atoms with Crippen molar-refractivity contribution >= 4 is 46.9 Å². The van der Waals surface area contributed by atoms with Crippen LogP contribution in [0.5, 0.6) is 17.2 Å². The van der Waals surface area contributed by atoms with Crippen molar-refractivity contribution in [3.05, 3.63) is 117 Å². The molecule has 18 heteroatoms. The summed E-state index contributed by atoms with van der Waals surface area (Å²) in [6.07, 6.45) is 5.39. The molecule has 1 atom stereocenters. The quantitative estimate of drug-likeness (QED) is 0.0552. The molecule has 5 N–H and O–H groups in total. The lowest BCUT2D eigenvalue weighted by atomic mass is 9.98. The minimum Gasteiger partial charge on any atom is -0.508 e. The maximum absolute atomic E-state index is 14.1. The van der Waals surface area contributed by atoms with Gasteiger partial charge in [-0.25, -0.2) is 14.2 Å². The van der Waals surface area contributed by atoms with Crippen LogP contribution in [-0.4, -0.2) is 99.2 Å². The maximum Gasteiger partial charge on any atom is 0.409 e. The molecule has 0 aliphatic carbocycles. The van der Waals surface area contributed by atoms with Crippen molar-refractivity contribution in [2.24, 2.45) is 0 Å². The molecular formula is C45H50Cl2FN7O8. The number of nitrogen functional groups attached to an aromatic ring is 1. The highest BCUT2D eigenvalue weighted by molar-refractivity contribution is 6.36. The average Bonchev–Trinajstić information content (AvgIpc) is 3.76. The number of carbonyl (C=O) groups is 3. The largest absolute Gasteiger partial charge is 0.508 e. The Morgan fingerprint density at radius 1 is 0.984 bits per heavy atom. The number of nitrogens with two attached hydrogens (primary N) is 1. The number of ether oxygens (including phenoxy) is 3. The lowest BCUT2D eigenvalue weighted by Crippen LogP contribution is -2.39. The molecule has 0 spiro atoms. The van der Waals surface area contributed by atoms with Gasteiger partial charge < -0.3 is 45.3 Å². The van der Waals surface area contributed by atoms with E-state index in [1.54, 1.807) is 61.6 Å². The van der Waals surface area contributed by atoms with E-state index in [9.17, 15) is 29.0 Å². The molecule has 334 valence electrons. The van der Waals surface area contributed by atoms with Crippen molar-refractivity contribution in [2.45, 2.75) is 58.2 Å². The third-order valence-electron chi connectivity index (χ3n) is 10.6. The summed E-state index contributed by atoms with van der Waals surface area (Å²) in [5.74, 6) is -1.37. The first-order valence-corrected chi connectivity index (χ1v) is 21.1. The number of hydrogen-bond donors (Lipinski definition) is 4. The number of anilines is 1. The molecule has 0 radical (unpaired) electrons. The van der Waals surface area contributed by atoms with Crippen LogP contribution in [0, 0.1) is 5.82 Å². The van der Waals surface area contributed by atoms with E-state index in [1.165, 1.54) is 29.2 Å². The van der Waals surface area contributed by atoms with E-state index in [0.29, 0.717) is 53.7 Å². The minimum absolute atomic E-state index is 0.0482. The van der Waals surface area contributed by atoms with Gasteiger partial charge in [0, 0.05) is 79.0 Å². The lowest BCUT2D eigenvalue weighted by Gasteiger charge is -2.31. The van der Waals surface area contributed by atoms with Gasteiger partial charge in [-0.1, -0.05) is 49.2 Å². The third-order valence-corrected chi connectivity index (χ3v) is 11.4. The van der Waals surface area contributed by atoms with E-state index in [2.05, 4.69) is 15.4 Å². The second kappa shape index (κ2) is 20.8. The van der Waals surface area contributed by atoms with Gasteiger partial charge in [0.1, 0.15) is 30.0 Å². The number of rotatable bonds is 16. The van der Waals surface area contributed by atoms with Gasteiger partial charge >= 0.3 is 6.09 Å².